The van der Waals surface area contributed by atoms with Crippen LogP contribution in [-0.4, -0.2) is 18.2 Å². The highest BCUT2D eigenvalue weighted by atomic mass is 16.3. The summed E-state index contributed by atoms with van der Waals surface area (Å²) in [5.41, 5.74) is 0.984. The second kappa shape index (κ2) is 6.53. The molecule has 1 atom stereocenters. The monoisotopic (exact) mass is 243 g/mol. The first-order valence-corrected chi connectivity index (χ1v) is 6.68. The molecule has 2 rings (SSSR count). The predicted molar refractivity (Wildman–Crippen MR) is 76.7 cm³/mol. The van der Waals surface area contributed by atoms with E-state index in [1.165, 1.54) is 17.2 Å². The molecule has 2 aromatic carbocycles. The lowest BCUT2D eigenvalue weighted by atomic mass is 10.0. The molecule has 0 amide bonds. The predicted octanol–water partition coefficient (Wildman–Crippen LogP) is 3.26. The summed E-state index contributed by atoms with van der Waals surface area (Å²) in [5, 5.41) is 15.8. The van der Waals surface area contributed by atoms with Crippen molar-refractivity contribution in [2.75, 3.05) is 13.1 Å². The smallest absolute Gasteiger partial charge is 0.0914 e. The van der Waals surface area contributed by atoms with Gasteiger partial charge in [-0.1, -0.05) is 49.7 Å². The number of rotatable bonds is 6. The molecule has 0 saturated carbocycles. The summed E-state index contributed by atoms with van der Waals surface area (Å²) in [4.78, 5) is 0. The highest BCUT2D eigenvalue weighted by Crippen LogP contribution is 2.19. The van der Waals surface area contributed by atoms with Crippen LogP contribution in [0.3, 0.4) is 0 Å². The van der Waals surface area contributed by atoms with E-state index in [4.69, 9.17) is 0 Å². The molecule has 0 spiro atoms. The van der Waals surface area contributed by atoms with Gasteiger partial charge >= 0.3 is 0 Å². The van der Waals surface area contributed by atoms with Gasteiger partial charge in [0.2, 0.25) is 0 Å². The average molecular weight is 243 g/mol. The van der Waals surface area contributed by atoms with E-state index in [9.17, 15) is 5.11 Å². The molecule has 0 aliphatic heterocycles. The maximum absolute atomic E-state index is 10.1. The molecule has 2 N–H and O–H groups in total. The fraction of sp³-hybridized carbons (Fsp3) is 0.375. The molecule has 2 heteroatoms. The summed E-state index contributed by atoms with van der Waals surface area (Å²) < 4.78 is 0. The van der Waals surface area contributed by atoms with Crippen molar-refractivity contribution in [3.8, 4) is 0 Å². The van der Waals surface area contributed by atoms with Crippen molar-refractivity contribution in [1.82, 2.24) is 5.32 Å². The number of fused-ring (bicyclic) bond motifs is 1. The average Bonchev–Trinajstić information content (AvgIpc) is 2.43. The third-order valence-corrected chi connectivity index (χ3v) is 3.20. The Kier molecular flexibility index (Phi) is 4.73. The zero-order valence-electron chi connectivity index (χ0n) is 10.9. The van der Waals surface area contributed by atoms with E-state index in [1.54, 1.807) is 0 Å². The molecule has 0 aliphatic rings. The van der Waals surface area contributed by atoms with E-state index in [0.717, 1.165) is 18.5 Å². The van der Waals surface area contributed by atoms with Crippen LogP contribution in [-0.2, 0) is 0 Å². The Hall–Kier alpha value is -1.38. The molecule has 0 fully saturated rings. The number of aliphatic hydroxyl groups excluding tert-OH is 1. The largest absolute Gasteiger partial charge is 0.387 e. The minimum absolute atomic E-state index is 0.425. The molecule has 2 nitrogen and oxygen atoms in total. The van der Waals surface area contributed by atoms with Gasteiger partial charge in [-0.25, -0.2) is 0 Å². The lowest BCUT2D eigenvalue weighted by Gasteiger charge is -2.12. The number of benzene rings is 2. The molecule has 0 saturated heterocycles. The van der Waals surface area contributed by atoms with Crippen molar-refractivity contribution >= 4 is 10.8 Å². The van der Waals surface area contributed by atoms with Crippen LogP contribution >= 0.6 is 0 Å². The summed E-state index contributed by atoms with van der Waals surface area (Å²) in [7, 11) is 0. The van der Waals surface area contributed by atoms with Crippen LogP contribution in [0, 0.1) is 0 Å². The van der Waals surface area contributed by atoms with Crippen LogP contribution in [0.25, 0.3) is 10.8 Å². The number of nitrogens with one attached hydrogen (secondary N) is 1. The lowest BCUT2D eigenvalue weighted by Crippen LogP contribution is -2.22. The first-order valence-electron chi connectivity index (χ1n) is 6.68. The van der Waals surface area contributed by atoms with Gasteiger partial charge in [0.15, 0.2) is 0 Å². The van der Waals surface area contributed by atoms with E-state index in [2.05, 4.69) is 36.5 Å². The molecule has 0 unspecified atom stereocenters. The molecular formula is C16H21NO. The third kappa shape index (κ3) is 3.31. The van der Waals surface area contributed by atoms with Crippen LogP contribution in [0.1, 0.15) is 31.4 Å². The Morgan fingerprint density at radius 2 is 1.89 bits per heavy atom. The Balaban J connectivity index is 2.01. The molecule has 0 radical (unpaired) electrons. The number of unbranched alkanes of at least 4 members (excludes halogenated alkanes) is 1. The standard InChI is InChI=1S/C16H21NO/c1-2-3-10-17-12-16(18)15-9-8-13-6-4-5-7-14(13)11-15/h4-9,11,16-18H,2-3,10,12H2,1H3/t16-/m0/s1. The second-order valence-corrected chi connectivity index (χ2v) is 4.68. The van der Waals surface area contributed by atoms with E-state index in [0.29, 0.717) is 6.54 Å². The molecule has 96 valence electrons. The Morgan fingerprint density at radius 3 is 2.67 bits per heavy atom. The van der Waals surface area contributed by atoms with Gasteiger partial charge in [-0.15, -0.1) is 0 Å². The molecule has 18 heavy (non-hydrogen) atoms. The van der Waals surface area contributed by atoms with Crippen molar-refractivity contribution in [1.29, 1.82) is 0 Å². The van der Waals surface area contributed by atoms with Gasteiger partial charge in [-0.2, -0.15) is 0 Å². The van der Waals surface area contributed by atoms with Crippen LogP contribution in [0.15, 0.2) is 42.5 Å². The van der Waals surface area contributed by atoms with Gasteiger partial charge in [-0.05, 0) is 35.4 Å². The zero-order valence-corrected chi connectivity index (χ0v) is 10.9. The Labute approximate surface area is 109 Å². The maximum atomic E-state index is 10.1. The topological polar surface area (TPSA) is 32.3 Å². The number of aliphatic hydroxyl groups is 1. The van der Waals surface area contributed by atoms with Crippen LogP contribution in [0.2, 0.25) is 0 Å². The SMILES string of the molecule is CCCCNC[C@H](O)c1ccc2ccccc2c1. The van der Waals surface area contributed by atoms with Crippen molar-refractivity contribution in [2.45, 2.75) is 25.9 Å². The molecular weight excluding hydrogens is 222 g/mol. The minimum Gasteiger partial charge on any atom is -0.387 e. The fourth-order valence-electron chi connectivity index (χ4n) is 2.07. The Bertz CT molecular complexity index is 495. The summed E-state index contributed by atoms with van der Waals surface area (Å²) in [6.45, 7) is 3.76. The third-order valence-electron chi connectivity index (χ3n) is 3.20. The van der Waals surface area contributed by atoms with E-state index < -0.39 is 6.10 Å². The lowest BCUT2D eigenvalue weighted by molar-refractivity contribution is 0.175. The molecule has 2 aromatic rings. The van der Waals surface area contributed by atoms with Gasteiger partial charge in [0.25, 0.3) is 0 Å². The van der Waals surface area contributed by atoms with Crippen LogP contribution in [0.5, 0.6) is 0 Å². The van der Waals surface area contributed by atoms with Gasteiger partial charge in [0.1, 0.15) is 0 Å². The quantitative estimate of drug-likeness (QED) is 0.763. The van der Waals surface area contributed by atoms with Crippen molar-refractivity contribution < 1.29 is 5.11 Å². The number of hydrogen-bond donors (Lipinski definition) is 2. The van der Waals surface area contributed by atoms with Crippen molar-refractivity contribution in [3.05, 3.63) is 48.0 Å². The first-order chi connectivity index (χ1) is 8.81. The van der Waals surface area contributed by atoms with E-state index in [1.807, 2.05) is 18.2 Å². The van der Waals surface area contributed by atoms with Crippen LogP contribution in [0.4, 0.5) is 0 Å². The van der Waals surface area contributed by atoms with Crippen molar-refractivity contribution in [2.24, 2.45) is 0 Å². The molecule has 0 heterocycles. The zero-order chi connectivity index (χ0) is 12.8. The van der Waals surface area contributed by atoms with E-state index in [-0.39, 0.29) is 0 Å². The van der Waals surface area contributed by atoms with Crippen molar-refractivity contribution in [3.63, 3.8) is 0 Å². The first kappa shape index (κ1) is 13.1. The summed E-state index contributed by atoms with van der Waals surface area (Å²) in [6.07, 6.45) is 1.91. The molecule has 0 aliphatic carbocycles. The summed E-state index contributed by atoms with van der Waals surface area (Å²) in [6, 6.07) is 14.4. The van der Waals surface area contributed by atoms with Gasteiger partial charge in [0.05, 0.1) is 6.10 Å². The highest BCUT2D eigenvalue weighted by Gasteiger charge is 2.07. The fourth-order valence-corrected chi connectivity index (χ4v) is 2.07. The van der Waals surface area contributed by atoms with Gasteiger partial charge in [0, 0.05) is 6.54 Å². The normalized spacial score (nSPS) is 12.8. The minimum atomic E-state index is -0.425. The van der Waals surface area contributed by atoms with Crippen LogP contribution < -0.4 is 5.32 Å². The summed E-state index contributed by atoms with van der Waals surface area (Å²) >= 11 is 0. The molecule has 0 aromatic heterocycles. The Morgan fingerprint density at radius 1 is 1.11 bits per heavy atom. The molecule has 0 bridgehead atoms. The maximum Gasteiger partial charge on any atom is 0.0914 e. The van der Waals surface area contributed by atoms with Gasteiger partial charge in [-0.3, -0.25) is 0 Å². The second-order valence-electron chi connectivity index (χ2n) is 4.68. The highest BCUT2D eigenvalue weighted by molar-refractivity contribution is 5.83. The van der Waals surface area contributed by atoms with Gasteiger partial charge < -0.3 is 10.4 Å². The number of hydrogen-bond acceptors (Lipinski definition) is 2. The van der Waals surface area contributed by atoms with E-state index >= 15 is 0 Å². The summed E-state index contributed by atoms with van der Waals surface area (Å²) in [5.74, 6) is 0.